The molecule has 2 aromatic heterocycles. The average Bonchev–Trinajstić information content (AvgIpc) is 2.69. The quantitative estimate of drug-likeness (QED) is 0.743. The lowest BCUT2D eigenvalue weighted by atomic mass is 10.3. The van der Waals surface area contributed by atoms with Crippen LogP contribution in [0.3, 0.4) is 0 Å². The maximum absolute atomic E-state index is 10.4. The van der Waals surface area contributed by atoms with Gasteiger partial charge in [-0.1, -0.05) is 11.6 Å². The Kier molecular flexibility index (Phi) is 2.78. The van der Waals surface area contributed by atoms with Crippen molar-refractivity contribution in [1.82, 2.24) is 14.5 Å². The summed E-state index contributed by atoms with van der Waals surface area (Å²) in [4.78, 5) is 18.2. The Balaban J connectivity index is 2.22. The minimum atomic E-state index is 0.417. The van der Waals surface area contributed by atoms with Gasteiger partial charge in [0.2, 0.25) is 0 Å². The molecule has 0 radical (unpaired) electrons. The number of hydrogen-bond donors (Lipinski definition) is 0. The van der Waals surface area contributed by atoms with Gasteiger partial charge in [-0.05, 0) is 11.6 Å². The fourth-order valence-corrected chi connectivity index (χ4v) is 1.43. The highest BCUT2D eigenvalue weighted by Crippen LogP contribution is 2.14. The number of pyridine rings is 1. The van der Waals surface area contributed by atoms with Crippen molar-refractivity contribution < 1.29 is 4.79 Å². The molecule has 4 nitrogen and oxygen atoms in total. The molecule has 0 amide bonds. The average molecular weight is 222 g/mol. The van der Waals surface area contributed by atoms with Crippen LogP contribution in [0.4, 0.5) is 0 Å². The first-order valence-corrected chi connectivity index (χ1v) is 4.73. The number of carbonyl (C=O) groups is 1. The minimum Gasteiger partial charge on any atom is -0.332 e. The highest BCUT2D eigenvalue weighted by molar-refractivity contribution is 6.31. The fraction of sp³-hybridized carbons (Fsp3) is 0.100. The number of carbonyl (C=O) groups excluding carboxylic acids is 1. The monoisotopic (exact) mass is 221 g/mol. The predicted molar refractivity (Wildman–Crippen MR) is 56.0 cm³/mol. The zero-order valence-corrected chi connectivity index (χ0v) is 8.55. The lowest BCUT2D eigenvalue weighted by Gasteiger charge is -2.03. The lowest BCUT2D eigenvalue weighted by molar-refractivity contribution is 0.111. The molecule has 0 N–H and O–H groups in total. The normalized spacial score (nSPS) is 10.2. The van der Waals surface area contributed by atoms with Crippen LogP contribution < -0.4 is 0 Å². The molecule has 0 unspecified atom stereocenters. The van der Waals surface area contributed by atoms with E-state index in [4.69, 9.17) is 11.6 Å². The fourth-order valence-electron chi connectivity index (χ4n) is 1.25. The van der Waals surface area contributed by atoms with E-state index in [1.165, 1.54) is 0 Å². The summed E-state index contributed by atoms with van der Waals surface area (Å²) in [5.41, 5.74) is 1.36. The molecule has 0 saturated carbocycles. The van der Waals surface area contributed by atoms with Crippen molar-refractivity contribution in [2.45, 2.75) is 6.54 Å². The number of aldehydes is 1. The molecule has 2 rings (SSSR count). The van der Waals surface area contributed by atoms with E-state index in [0.717, 1.165) is 5.56 Å². The third-order valence-corrected chi connectivity index (χ3v) is 2.32. The van der Waals surface area contributed by atoms with Crippen LogP contribution in [-0.4, -0.2) is 20.8 Å². The van der Waals surface area contributed by atoms with Gasteiger partial charge in [-0.15, -0.1) is 0 Å². The van der Waals surface area contributed by atoms with Gasteiger partial charge in [0, 0.05) is 18.6 Å². The molecule has 0 aliphatic heterocycles. The molecule has 5 heteroatoms. The number of halogens is 1. The van der Waals surface area contributed by atoms with Gasteiger partial charge < -0.3 is 4.57 Å². The smallest absolute Gasteiger partial charge is 0.169 e. The molecule has 0 aliphatic carbocycles. The van der Waals surface area contributed by atoms with E-state index in [1.54, 1.807) is 29.5 Å². The summed E-state index contributed by atoms with van der Waals surface area (Å²) in [5.74, 6) is 0. The van der Waals surface area contributed by atoms with Crippen molar-refractivity contribution in [3.63, 3.8) is 0 Å². The number of aromatic nitrogens is 3. The van der Waals surface area contributed by atoms with Gasteiger partial charge in [0.1, 0.15) is 5.69 Å². The number of rotatable bonds is 3. The molecule has 0 bridgehead atoms. The molecule has 0 fully saturated rings. The topological polar surface area (TPSA) is 47.8 Å². The molecule has 15 heavy (non-hydrogen) atoms. The first-order chi connectivity index (χ1) is 7.29. The number of imidazole rings is 1. The Hall–Kier alpha value is -1.68. The SMILES string of the molecule is O=Cc1cn(Cc2ccncc2Cl)cn1. The lowest BCUT2D eigenvalue weighted by Crippen LogP contribution is -1.97. The largest absolute Gasteiger partial charge is 0.332 e. The molecule has 76 valence electrons. The van der Waals surface area contributed by atoms with E-state index in [-0.39, 0.29) is 0 Å². The van der Waals surface area contributed by atoms with E-state index >= 15 is 0 Å². The molecule has 0 atom stereocenters. The molecule has 0 aliphatic rings. The Labute approximate surface area is 91.5 Å². The third kappa shape index (κ3) is 2.22. The molecular weight excluding hydrogens is 214 g/mol. The summed E-state index contributed by atoms with van der Waals surface area (Å²) < 4.78 is 1.80. The molecule has 2 heterocycles. The number of nitrogens with zero attached hydrogens (tertiary/aromatic N) is 3. The minimum absolute atomic E-state index is 0.417. The highest BCUT2D eigenvalue weighted by Gasteiger charge is 2.01. The van der Waals surface area contributed by atoms with E-state index in [0.29, 0.717) is 23.5 Å². The third-order valence-electron chi connectivity index (χ3n) is 1.98. The van der Waals surface area contributed by atoms with E-state index < -0.39 is 0 Å². The van der Waals surface area contributed by atoms with Gasteiger partial charge in [0.25, 0.3) is 0 Å². The van der Waals surface area contributed by atoms with Crippen LogP contribution in [0.1, 0.15) is 16.1 Å². The van der Waals surface area contributed by atoms with Crippen molar-refractivity contribution >= 4 is 17.9 Å². The van der Waals surface area contributed by atoms with Crippen LogP contribution in [0.5, 0.6) is 0 Å². The zero-order chi connectivity index (χ0) is 10.7. The summed E-state index contributed by atoms with van der Waals surface area (Å²) >= 11 is 5.95. The summed E-state index contributed by atoms with van der Waals surface area (Å²) in [6.45, 7) is 0.586. The van der Waals surface area contributed by atoms with Crippen molar-refractivity contribution in [2.24, 2.45) is 0 Å². The summed E-state index contributed by atoms with van der Waals surface area (Å²) in [5, 5.41) is 0.610. The van der Waals surface area contributed by atoms with Crippen molar-refractivity contribution in [1.29, 1.82) is 0 Å². The molecule has 0 spiro atoms. The van der Waals surface area contributed by atoms with Crippen LogP contribution in [0, 0.1) is 0 Å². The highest BCUT2D eigenvalue weighted by atomic mass is 35.5. The standard InChI is InChI=1S/C10H8ClN3O/c11-10-3-12-2-1-8(10)4-14-5-9(6-15)13-7-14/h1-3,5-7H,4H2. The van der Waals surface area contributed by atoms with Crippen LogP contribution in [0.2, 0.25) is 5.02 Å². The summed E-state index contributed by atoms with van der Waals surface area (Å²) in [6.07, 6.45) is 7.25. The van der Waals surface area contributed by atoms with E-state index in [9.17, 15) is 4.79 Å². The van der Waals surface area contributed by atoms with Gasteiger partial charge in [0.05, 0.1) is 17.9 Å². The molecule has 2 aromatic rings. The van der Waals surface area contributed by atoms with Crippen LogP contribution in [-0.2, 0) is 6.54 Å². The van der Waals surface area contributed by atoms with Crippen LogP contribution >= 0.6 is 11.6 Å². The number of hydrogen-bond acceptors (Lipinski definition) is 3. The first-order valence-electron chi connectivity index (χ1n) is 4.35. The van der Waals surface area contributed by atoms with Crippen LogP contribution in [0.25, 0.3) is 0 Å². The second-order valence-corrected chi connectivity index (χ2v) is 3.46. The van der Waals surface area contributed by atoms with E-state index in [2.05, 4.69) is 9.97 Å². The second-order valence-electron chi connectivity index (χ2n) is 3.06. The van der Waals surface area contributed by atoms with Crippen LogP contribution in [0.15, 0.2) is 31.0 Å². The second kappa shape index (κ2) is 4.23. The van der Waals surface area contributed by atoms with E-state index in [1.807, 2.05) is 6.07 Å². The molecule has 0 saturated heterocycles. The Bertz CT molecular complexity index is 481. The van der Waals surface area contributed by atoms with Gasteiger partial charge in [-0.2, -0.15) is 0 Å². The predicted octanol–water partition coefficient (Wildman–Crippen LogP) is 1.79. The van der Waals surface area contributed by atoms with Gasteiger partial charge in [0.15, 0.2) is 6.29 Å². The van der Waals surface area contributed by atoms with Gasteiger partial charge >= 0.3 is 0 Å². The van der Waals surface area contributed by atoms with Crippen molar-refractivity contribution in [3.8, 4) is 0 Å². The van der Waals surface area contributed by atoms with Crippen molar-refractivity contribution in [3.05, 3.63) is 47.3 Å². The Morgan fingerprint density at radius 1 is 1.53 bits per heavy atom. The zero-order valence-electron chi connectivity index (χ0n) is 7.80. The first kappa shape index (κ1) is 9.86. The Morgan fingerprint density at radius 3 is 3.07 bits per heavy atom. The molecular formula is C10H8ClN3O. The molecule has 0 aromatic carbocycles. The van der Waals surface area contributed by atoms with Gasteiger partial charge in [-0.25, -0.2) is 4.98 Å². The summed E-state index contributed by atoms with van der Waals surface area (Å²) in [7, 11) is 0. The maximum Gasteiger partial charge on any atom is 0.169 e. The van der Waals surface area contributed by atoms with Gasteiger partial charge in [-0.3, -0.25) is 9.78 Å². The maximum atomic E-state index is 10.4. The van der Waals surface area contributed by atoms with Crippen molar-refractivity contribution in [2.75, 3.05) is 0 Å². The summed E-state index contributed by atoms with van der Waals surface area (Å²) in [6, 6.07) is 1.84. The Morgan fingerprint density at radius 2 is 2.40 bits per heavy atom.